The molecule has 0 radical (unpaired) electrons. The third-order valence-electron chi connectivity index (χ3n) is 3.89. The molecular formula is C20H17BrFNO3S. The van der Waals surface area contributed by atoms with Crippen molar-refractivity contribution in [1.29, 1.82) is 0 Å². The lowest BCUT2D eigenvalue weighted by atomic mass is 10.1. The van der Waals surface area contributed by atoms with E-state index in [1.807, 2.05) is 19.1 Å². The zero-order chi connectivity index (χ0) is 19.4. The van der Waals surface area contributed by atoms with Crippen molar-refractivity contribution in [3.8, 4) is 5.75 Å². The number of carbonyl (C=O) groups excluding carboxylic acids is 2. The van der Waals surface area contributed by atoms with Gasteiger partial charge in [0.1, 0.15) is 18.2 Å². The first-order valence-corrected chi connectivity index (χ1v) is 10.0. The molecule has 0 saturated carbocycles. The van der Waals surface area contributed by atoms with E-state index in [1.54, 1.807) is 24.3 Å². The van der Waals surface area contributed by atoms with Gasteiger partial charge in [0.25, 0.3) is 11.1 Å². The van der Waals surface area contributed by atoms with Gasteiger partial charge in [-0.15, -0.1) is 0 Å². The number of ether oxygens (including phenoxy) is 1. The SMILES string of the molecule is CCCN1C(=O)S/C(=C/c2cc(Br)ccc2OCc2ccc(F)cc2)C1=O. The topological polar surface area (TPSA) is 46.6 Å². The molecule has 1 saturated heterocycles. The third kappa shape index (κ3) is 4.78. The van der Waals surface area contributed by atoms with Crippen LogP contribution < -0.4 is 4.74 Å². The fraction of sp³-hybridized carbons (Fsp3) is 0.200. The molecule has 4 nitrogen and oxygen atoms in total. The predicted octanol–water partition coefficient (Wildman–Crippen LogP) is 5.61. The fourth-order valence-electron chi connectivity index (χ4n) is 2.56. The molecule has 2 amide bonds. The lowest BCUT2D eigenvalue weighted by Gasteiger charge is -2.11. The number of hydrogen-bond acceptors (Lipinski definition) is 4. The van der Waals surface area contributed by atoms with E-state index in [2.05, 4.69) is 15.9 Å². The summed E-state index contributed by atoms with van der Waals surface area (Å²) in [5.41, 5.74) is 1.52. The van der Waals surface area contributed by atoms with E-state index in [-0.39, 0.29) is 23.6 Å². The fourth-order valence-corrected chi connectivity index (χ4v) is 3.80. The minimum Gasteiger partial charge on any atom is -0.488 e. The average molecular weight is 450 g/mol. The summed E-state index contributed by atoms with van der Waals surface area (Å²) in [4.78, 5) is 26.1. The van der Waals surface area contributed by atoms with Gasteiger partial charge in [0, 0.05) is 16.6 Å². The first-order chi connectivity index (χ1) is 13.0. The molecule has 1 heterocycles. The molecule has 0 aromatic heterocycles. The molecule has 1 aliphatic rings. The molecule has 27 heavy (non-hydrogen) atoms. The Hall–Kier alpha value is -2.12. The van der Waals surface area contributed by atoms with Crippen LogP contribution in [0.4, 0.5) is 9.18 Å². The molecule has 1 aliphatic heterocycles. The number of amides is 2. The highest BCUT2D eigenvalue weighted by Gasteiger charge is 2.34. The van der Waals surface area contributed by atoms with Gasteiger partial charge in [-0.05, 0) is 60.2 Å². The van der Waals surface area contributed by atoms with E-state index in [0.717, 1.165) is 21.8 Å². The summed E-state index contributed by atoms with van der Waals surface area (Å²) in [7, 11) is 0. The number of hydrogen-bond donors (Lipinski definition) is 0. The largest absolute Gasteiger partial charge is 0.488 e. The Morgan fingerprint density at radius 3 is 2.63 bits per heavy atom. The van der Waals surface area contributed by atoms with Gasteiger partial charge < -0.3 is 4.74 Å². The van der Waals surface area contributed by atoms with Crippen LogP contribution in [0.1, 0.15) is 24.5 Å². The predicted molar refractivity (Wildman–Crippen MR) is 108 cm³/mol. The number of nitrogens with zero attached hydrogens (tertiary/aromatic N) is 1. The van der Waals surface area contributed by atoms with Crippen molar-refractivity contribution in [2.45, 2.75) is 20.0 Å². The monoisotopic (exact) mass is 449 g/mol. The number of rotatable bonds is 6. The highest BCUT2D eigenvalue weighted by Crippen LogP contribution is 2.35. The van der Waals surface area contributed by atoms with Gasteiger partial charge in [0.05, 0.1) is 4.91 Å². The standard InChI is InChI=1S/C20H17BrFNO3S/c1-2-9-23-19(24)18(27-20(23)25)11-14-10-15(21)5-8-17(14)26-12-13-3-6-16(22)7-4-13/h3-8,10-11H,2,9,12H2,1H3/b18-11+. The molecule has 2 aromatic carbocycles. The van der Waals surface area contributed by atoms with Crippen LogP contribution in [0.15, 0.2) is 51.8 Å². The van der Waals surface area contributed by atoms with E-state index in [1.165, 1.54) is 17.0 Å². The minimum absolute atomic E-state index is 0.253. The molecule has 0 unspecified atom stereocenters. The summed E-state index contributed by atoms with van der Waals surface area (Å²) in [5, 5.41) is -0.253. The van der Waals surface area contributed by atoms with E-state index >= 15 is 0 Å². The first kappa shape index (κ1) is 19.6. The highest BCUT2D eigenvalue weighted by atomic mass is 79.9. The normalized spacial score (nSPS) is 15.7. The van der Waals surface area contributed by atoms with Gasteiger partial charge in [-0.2, -0.15) is 0 Å². The zero-order valence-corrected chi connectivity index (χ0v) is 17.0. The average Bonchev–Trinajstić information content (AvgIpc) is 2.90. The van der Waals surface area contributed by atoms with Crippen LogP contribution in [0.2, 0.25) is 0 Å². The third-order valence-corrected chi connectivity index (χ3v) is 5.29. The Kier molecular flexibility index (Phi) is 6.34. The summed E-state index contributed by atoms with van der Waals surface area (Å²) in [6.07, 6.45) is 2.39. The van der Waals surface area contributed by atoms with Crippen LogP contribution in [0.25, 0.3) is 6.08 Å². The Balaban J connectivity index is 1.83. The van der Waals surface area contributed by atoms with Gasteiger partial charge in [-0.3, -0.25) is 14.5 Å². The molecule has 140 valence electrons. The molecule has 3 rings (SSSR count). The molecule has 0 spiro atoms. The summed E-state index contributed by atoms with van der Waals surface area (Å²) in [6, 6.07) is 11.5. The molecule has 7 heteroatoms. The minimum atomic E-state index is -0.300. The smallest absolute Gasteiger partial charge is 0.293 e. The Labute approximate surface area is 169 Å². The molecule has 1 fully saturated rings. The second-order valence-corrected chi connectivity index (χ2v) is 7.84. The summed E-state index contributed by atoms with van der Waals surface area (Å²) in [6.45, 7) is 2.59. The maximum atomic E-state index is 13.0. The van der Waals surface area contributed by atoms with Gasteiger partial charge in [0.2, 0.25) is 0 Å². The number of imide groups is 1. The maximum absolute atomic E-state index is 13.0. The van der Waals surface area contributed by atoms with Crippen LogP contribution in [0, 0.1) is 5.82 Å². The lowest BCUT2D eigenvalue weighted by Crippen LogP contribution is -2.28. The number of carbonyl (C=O) groups is 2. The number of thioether (sulfide) groups is 1. The maximum Gasteiger partial charge on any atom is 0.293 e. The second-order valence-electron chi connectivity index (χ2n) is 5.93. The van der Waals surface area contributed by atoms with E-state index in [9.17, 15) is 14.0 Å². The molecule has 0 bridgehead atoms. The highest BCUT2D eigenvalue weighted by molar-refractivity contribution is 9.10. The molecule has 2 aromatic rings. The second kappa shape index (κ2) is 8.71. The number of benzene rings is 2. The van der Waals surface area contributed by atoms with Crippen molar-refractivity contribution in [1.82, 2.24) is 4.90 Å². The van der Waals surface area contributed by atoms with Gasteiger partial charge in [-0.1, -0.05) is 35.0 Å². The Bertz CT molecular complexity index is 899. The summed E-state index contributed by atoms with van der Waals surface area (Å²) >= 11 is 4.35. The van der Waals surface area contributed by atoms with Gasteiger partial charge in [0.15, 0.2) is 0 Å². The summed E-state index contributed by atoms with van der Waals surface area (Å²) in [5.74, 6) is -0.00740. The quantitative estimate of drug-likeness (QED) is 0.537. The van der Waals surface area contributed by atoms with Gasteiger partial charge >= 0.3 is 0 Å². The Morgan fingerprint density at radius 1 is 1.19 bits per heavy atom. The van der Waals surface area contributed by atoms with Crippen molar-refractivity contribution in [2.24, 2.45) is 0 Å². The van der Waals surface area contributed by atoms with Crippen LogP contribution in [0.3, 0.4) is 0 Å². The summed E-state index contributed by atoms with van der Waals surface area (Å²) < 4.78 is 19.7. The molecule has 0 atom stereocenters. The van der Waals surface area contributed by atoms with Crippen LogP contribution in [-0.4, -0.2) is 22.6 Å². The van der Waals surface area contributed by atoms with E-state index in [0.29, 0.717) is 29.2 Å². The van der Waals surface area contributed by atoms with Crippen molar-refractivity contribution in [3.05, 3.63) is 68.8 Å². The van der Waals surface area contributed by atoms with E-state index < -0.39 is 0 Å². The van der Waals surface area contributed by atoms with Crippen molar-refractivity contribution in [2.75, 3.05) is 6.54 Å². The molecule has 0 aliphatic carbocycles. The van der Waals surface area contributed by atoms with E-state index in [4.69, 9.17) is 4.74 Å². The van der Waals surface area contributed by atoms with Crippen LogP contribution >= 0.6 is 27.7 Å². The zero-order valence-electron chi connectivity index (χ0n) is 14.6. The number of halogens is 2. The van der Waals surface area contributed by atoms with Crippen molar-refractivity contribution in [3.63, 3.8) is 0 Å². The van der Waals surface area contributed by atoms with Crippen LogP contribution in [0.5, 0.6) is 5.75 Å². The Morgan fingerprint density at radius 2 is 1.93 bits per heavy atom. The molecule has 0 N–H and O–H groups in total. The van der Waals surface area contributed by atoms with Crippen LogP contribution in [-0.2, 0) is 11.4 Å². The lowest BCUT2D eigenvalue weighted by molar-refractivity contribution is -0.122. The molecular weight excluding hydrogens is 433 g/mol. The first-order valence-electron chi connectivity index (χ1n) is 8.40. The van der Waals surface area contributed by atoms with Gasteiger partial charge in [-0.25, -0.2) is 4.39 Å². The van der Waals surface area contributed by atoms with Crippen molar-refractivity contribution < 1.29 is 18.7 Å². The van der Waals surface area contributed by atoms with Crippen molar-refractivity contribution >= 4 is 44.9 Å².